The predicted octanol–water partition coefficient (Wildman–Crippen LogP) is 10.5. The van der Waals surface area contributed by atoms with Crippen LogP contribution in [0.2, 0.25) is 10.0 Å². The molecule has 0 bridgehead atoms. The van der Waals surface area contributed by atoms with Gasteiger partial charge in [-0.1, -0.05) is 77.8 Å². The Morgan fingerprint density at radius 2 is 1.11 bits per heavy atom. The van der Waals surface area contributed by atoms with Gasteiger partial charge in [0.05, 0.1) is 44.2 Å². The number of nitrogen functional groups attached to an aromatic ring is 2. The summed E-state index contributed by atoms with van der Waals surface area (Å²) in [5, 5.41) is 9.39. The molecule has 0 spiro atoms. The summed E-state index contributed by atoms with van der Waals surface area (Å²) in [7, 11) is -3.86. The van der Waals surface area contributed by atoms with Crippen molar-refractivity contribution in [2.75, 3.05) is 48.3 Å². The maximum absolute atomic E-state index is 13.6. The Labute approximate surface area is 444 Å². The Balaban J connectivity index is 0.000000176. The average Bonchev–Trinajstić information content (AvgIpc) is 4.05. The largest absolute Gasteiger partial charge is 0.399 e. The minimum absolute atomic E-state index is 0.00201. The van der Waals surface area contributed by atoms with Crippen molar-refractivity contribution < 1.29 is 18.0 Å². The third kappa shape index (κ3) is 10.7. The second-order valence-electron chi connectivity index (χ2n) is 18.8. The summed E-state index contributed by atoms with van der Waals surface area (Å²) < 4.78 is 28.4. The van der Waals surface area contributed by atoms with Crippen molar-refractivity contribution in [3.8, 4) is 22.5 Å². The third-order valence-corrected chi connectivity index (χ3v) is 16.0. The summed E-state index contributed by atoms with van der Waals surface area (Å²) in [5.41, 5.74) is 20.3. The highest BCUT2D eigenvalue weighted by Gasteiger charge is 2.28. The van der Waals surface area contributed by atoms with Crippen LogP contribution in [0.4, 0.5) is 23.3 Å². The lowest BCUT2D eigenvalue weighted by Gasteiger charge is -2.32. The lowest BCUT2D eigenvalue weighted by atomic mass is 10.0. The fourth-order valence-electron chi connectivity index (χ4n) is 9.78. The Kier molecular flexibility index (Phi) is 14.5. The molecule has 7 N–H and O–H groups in total. The minimum Gasteiger partial charge on any atom is -0.399 e. The molecule has 2 saturated heterocycles. The summed E-state index contributed by atoms with van der Waals surface area (Å²) >= 11 is 13.0. The molecule has 5 aromatic carbocycles. The van der Waals surface area contributed by atoms with E-state index in [-0.39, 0.29) is 28.8 Å². The van der Waals surface area contributed by atoms with Gasteiger partial charge < -0.3 is 36.9 Å². The molecule has 2 aliphatic rings. The van der Waals surface area contributed by atoms with Crippen molar-refractivity contribution in [1.29, 1.82) is 0 Å². The van der Waals surface area contributed by atoms with Gasteiger partial charge in [-0.2, -0.15) is 0 Å². The molecular formula is C56H54Cl2N12O4S. The third-order valence-electron chi connectivity index (χ3n) is 13.8. The number of aromatic amines is 1. The van der Waals surface area contributed by atoms with Crippen molar-refractivity contribution in [2.24, 2.45) is 0 Å². The standard InChI is InChI=1S/C31H29ClN6O3S.C25H25ClN6O/c1-20-17-21(33)11-12-24(20)30(39)37-15-13-22(14-16-37)35-31-34-18-27(32)29(36-31)26-19-38(28-10-6-5-9-25(26)28)42(40,41)23-7-3-2-4-8-23;1-15-12-16(27)6-7-18(15)24(33)32-10-8-17(9-11-32)30-25-29-14-21(26)23(31-25)20-13-28-22-5-3-2-4-19(20)22/h2-12,17-19,22H,13-16,33H2,1H3,(H,34,35,36);2-7,12-14,17,28H,8-11,27H2,1H3,(H,29,30,31). The summed E-state index contributed by atoms with van der Waals surface area (Å²) in [6.45, 7) is 6.33. The number of nitrogens with two attached hydrogens (primary N) is 2. The molecule has 4 aromatic heterocycles. The molecule has 11 rings (SSSR count). The monoisotopic (exact) mass is 1060 g/mol. The predicted molar refractivity (Wildman–Crippen MR) is 298 cm³/mol. The first-order chi connectivity index (χ1) is 36.2. The number of nitrogens with one attached hydrogen (secondary N) is 3. The normalized spacial score (nSPS) is 14.4. The number of nitrogens with zero attached hydrogens (tertiary/aromatic N) is 7. The fourth-order valence-corrected chi connectivity index (χ4v) is 11.6. The van der Waals surface area contributed by atoms with Crippen molar-refractivity contribution in [1.82, 2.24) is 38.7 Å². The first-order valence-electron chi connectivity index (χ1n) is 24.6. The number of hydrogen-bond acceptors (Lipinski definition) is 12. The summed E-state index contributed by atoms with van der Waals surface area (Å²) in [4.78, 5) is 51.4. The van der Waals surface area contributed by atoms with Gasteiger partial charge >= 0.3 is 0 Å². The van der Waals surface area contributed by atoms with Gasteiger partial charge in [0.15, 0.2) is 0 Å². The zero-order valence-electron chi connectivity index (χ0n) is 41.2. The number of piperidine rings is 2. The van der Waals surface area contributed by atoms with Crippen molar-refractivity contribution in [3.63, 3.8) is 0 Å². The number of likely N-dealkylation sites (tertiary alicyclic amines) is 2. The number of amides is 2. The second kappa shape index (κ2) is 21.5. The van der Waals surface area contributed by atoms with E-state index in [1.54, 1.807) is 73.1 Å². The number of benzene rings is 5. The van der Waals surface area contributed by atoms with Gasteiger partial charge in [-0.25, -0.2) is 32.3 Å². The van der Waals surface area contributed by atoms with Gasteiger partial charge in [0, 0.05) is 101 Å². The number of anilines is 4. The molecule has 19 heteroatoms. The van der Waals surface area contributed by atoms with Crippen LogP contribution >= 0.6 is 23.2 Å². The fraction of sp³-hybridized carbons (Fsp3) is 0.214. The molecule has 9 aromatic rings. The Morgan fingerprint density at radius 1 is 0.627 bits per heavy atom. The molecule has 16 nitrogen and oxygen atoms in total. The van der Waals surface area contributed by atoms with Crippen LogP contribution in [0.3, 0.4) is 0 Å². The number of H-pyrrole nitrogens is 1. The van der Waals surface area contributed by atoms with Crippen LogP contribution in [0.25, 0.3) is 44.3 Å². The molecule has 0 radical (unpaired) electrons. The highest BCUT2D eigenvalue weighted by molar-refractivity contribution is 7.90. The summed E-state index contributed by atoms with van der Waals surface area (Å²) in [5.74, 6) is 0.975. The van der Waals surface area contributed by atoms with Gasteiger partial charge in [-0.3, -0.25) is 9.59 Å². The molecule has 6 heterocycles. The van der Waals surface area contributed by atoms with E-state index in [2.05, 4.69) is 25.6 Å². The lowest BCUT2D eigenvalue weighted by molar-refractivity contribution is 0.0710. The number of halogens is 2. The average molecular weight is 1060 g/mol. The van der Waals surface area contributed by atoms with Crippen LogP contribution in [-0.2, 0) is 10.0 Å². The van der Waals surface area contributed by atoms with Gasteiger partial charge in [0.2, 0.25) is 11.9 Å². The van der Waals surface area contributed by atoms with Crippen LogP contribution in [0.5, 0.6) is 0 Å². The molecule has 0 saturated carbocycles. The number of hydrogen-bond donors (Lipinski definition) is 5. The Morgan fingerprint density at radius 3 is 1.64 bits per heavy atom. The smallest absolute Gasteiger partial charge is 0.268 e. The molecule has 0 aliphatic carbocycles. The van der Waals surface area contributed by atoms with Crippen molar-refractivity contribution in [3.05, 3.63) is 172 Å². The zero-order chi connectivity index (χ0) is 52.4. The number of aromatic nitrogens is 6. The lowest BCUT2D eigenvalue weighted by Crippen LogP contribution is -2.42. The zero-order valence-corrected chi connectivity index (χ0v) is 43.5. The van der Waals surface area contributed by atoms with E-state index < -0.39 is 10.0 Å². The number of para-hydroxylation sites is 2. The molecule has 2 fully saturated rings. The Bertz CT molecular complexity index is 3700. The SMILES string of the molecule is Cc1cc(N)ccc1C(=O)N1CCC(Nc2ncc(Cl)c(-c3c[nH]c4ccccc34)n2)CC1.Cc1cc(N)ccc1C(=O)N1CCC(Nc2ncc(Cl)c(-c3cn(S(=O)(=O)c4ccccc4)c4ccccc34)n2)CC1. The van der Waals surface area contributed by atoms with E-state index in [4.69, 9.17) is 44.6 Å². The first kappa shape index (κ1) is 50.5. The minimum atomic E-state index is -3.86. The Hall–Kier alpha value is -7.99. The van der Waals surface area contributed by atoms with Gasteiger partial charge in [-0.15, -0.1) is 0 Å². The van der Waals surface area contributed by atoms with Crippen LogP contribution in [0.15, 0.2) is 145 Å². The second-order valence-corrected chi connectivity index (χ2v) is 21.4. The molecule has 0 unspecified atom stereocenters. The quantitative estimate of drug-likeness (QED) is 0.0807. The van der Waals surface area contributed by atoms with E-state index >= 15 is 0 Å². The number of fused-ring (bicyclic) bond motifs is 2. The van der Waals surface area contributed by atoms with Crippen LogP contribution < -0.4 is 22.1 Å². The van der Waals surface area contributed by atoms with E-state index in [9.17, 15) is 18.0 Å². The highest BCUT2D eigenvalue weighted by atomic mass is 35.5. The van der Waals surface area contributed by atoms with E-state index in [1.807, 2.05) is 84.4 Å². The van der Waals surface area contributed by atoms with Crippen LogP contribution in [0, 0.1) is 13.8 Å². The van der Waals surface area contributed by atoms with Crippen molar-refractivity contribution >= 4 is 90.1 Å². The first-order valence-corrected chi connectivity index (χ1v) is 26.8. The molecular weight excluding hydrogens is 1010 g/mol. The number of aryl methyl sites for hydroxylation is 2. The molecule has 0 atom stereocenters. The van der Waals surface area contributed by atoms with Gasteiger partial charge in [-0.05, 0) is 111 Å². The number of carbonyl (C=O) groups is 2. The molecule has 382 valence electrons. The highest BCUT2D eigenvalue weighted by Crippen LogP contribution is 2.37. The van der Waals surface area contributed by atoms with Crippen LogP contribution in [-0.4, -0.2) is 97.2 Å². The van der Waals surface area contributed by atoms with Gasteiger partial charge in [0.1, 0.15) is 0 Å². The summed E-state index contributed by atoms with van der Waals surface area (Å²) in [6, 6.07) is 34.6. The van der Waals surface area contributed by atoms with E-state index in [0.717, 1.165) is 53.3 Å². The van der Waals surface area contributed by atoms with Crippen LogP contribution in [0.1, 0.15) is 57.5 Å². The van der Waals surface area contributed by atoms with E-state index in [1.165, 1.54) is 10.2 Å². The topological polar surface area (TPSA) is 223 Å². The van der Waals surface area contributed by atoms with Gasteiger partial charge in [0.25, 0.3) is 21.8 Å². The van der Waals surface area contributed by atoms with Crippen molar-refractivity contribution in [2.45, 2.75) is 56.5 Å². The number of rotatable bonds is 10. The molecule has 75 heavy (non-hydrogen) atoms. The summed E-state index contributed by atoms with van der Waals surface area (Å²) in [6.07, 6.45) is 9.71. The number of carbonyl (C=O) groups excluding carboxylic acids is 2. The van der Waals surface area contributed by atoms with E-state index in [0.29, 0.717) is 98.5 Å². The molecule has 2 aliphatic heterocycles. The maximum atomic E-state index is 13.6. The molecule has 2 amide bonds. The maximum Gasteiger partial charge on any atom is 0.268 e.